The molecular weight excluding hydrogens is 294 g/mol. The molecule has 0 radical (unpaired) electrons. The lowest BCUT2D eigenvalue weighted by Gasteiger charge is -2.52. The molecule has 1 saturated heterocycles. The van der Waals surface area contributed by atoms with Crippen LogP contribution < -0.4 is 9.47 Å². The zero-order valence-electron chi connectivity index (χ0n) is 12.8. The Morgan fingerprint density at radius 2 is 2.09 bits per heavy atom. The molecule has 1 aromatic rings. The monoisotopic (exact) mass is 311 g/mol. The maximum Gasteiger partial charge on any atom is 0.231 e. The number of aliphatic hydroxyl groups is 1. The Kier molecular flexibility index (Phi) is 2.39. The molecule has 2 heterocycles. The summed E-state index contributed by atoms with van der Waals surface area (Å²) in [5.74, 6) is 1.09. The van der Waals surface area contributed by atoms with Gasteiger partial charge in [-0.15, -0.1) is 0 Å². The highest BCUT2D eigenvalue weighted by atomic mass is 16.7. The standard InChI is InChI=1S/C18H17NO4/c1-19-3-2-18-8-15(21)14(20)6-12(18)13(19)4-10-5-16-17(7-11(10)18)23-9-22-16/h5-8,13,21H,2-4,9H2,1H3/t13-,18-/m1/s1. The maximum atomic E-state index is 12.0. The second-order valence-corrected chi connectivity index (χ2v) is 6.78. The Hall–Kier alpha value is -2.27. The van der Waals surface area contributed by atoms with Crippen molar-refractivity contribution >= 4 is 5.78 Å². The quantitative estimate of drug-likeness (QED) is 0.792. The minimum absolute atomic E-state index is 0.150. The van der Waals surface area contributed by atoms with Crippen LogP contribution in [-0.2, 0) is 16.6 Å². The number of hydrogen-bond acceptors (Lipinski definition) is 5. The van der Waals surface area contributed by atoms with Crippen LogP contribution in [0.5, 0.6) is 11.5 Å². The van der Waals surface area contributed by atoms with Crippen LogP contribution in [0.3, 0.4) is 0 Å². The van der Waals surface area contributed by atoms with Crippen molar-refractivity contribution in [1.29, 1.82) is 0 Å². The highest BCUT2D eigenvalue weighted by Crippen LogP contribution is 2.53. The van der Waals surface area contributed by atoms with Gasteiger partial charge in [0.15, 0.2) is 17.3 Å². The van der Waals surface area contributed by atoms with E-state index in [1.165, 1.54) is 5.56 Å². The van der Waals surface area contributed by atoms with Gasteiger partial charge in [-0.1, -0.05) is 0 Å². The number of carbonyl (C=O) groups excluding carboxylic acids is 1. The largest absolute Gasteiger partial charge is 0.504 e. The molecular formula is C18H17NO4. The van der Waals surface area contributed by atoms with Crippen molar-refractivity contribution in [2.75, 3.05) is 20.4 Å². The first kappa shape index (κ1) is 13.2. The van der Waals surface area contributed by atoms with Gasteiger partial charge >= 0.3 is 0 Å². The smallest absolute Gasteiger partial charge is 0.231 e. The number of benzene rings is 1. The molecule has 5 rings (SSSR count). The molecule has 0 aromatic heterocycles. The van der Waals surface area contributed by atoms with Gasteiger partial charge < -0.3 is 14.6 Å². The summed E-state index contributed by atoms with van der Waals surface area (Å²) in [6, 6.07) is 4.28. The molecule has 2 aliphatic carbocycles. The average Bonchev–Trinajstić information content (AvgIpc) is 2.98. The molecule has 5 nitrogen and oxygen atoms in total. The van der Waals surface area contributed by atoms with Crippen LogP contribution >= 0.6 is 0 Å². The first-order chi connectivity index (χ1) is 11.1. The lowest BCUT2D eigenvalue weighted by Crippen LogP contribution is -2.54. The van der Waals surface area contributed by atoms with Gasteiger partial charge in [0.2, 0.25) is 12.6 Å². The number of ether oxygens (including phenoxy) is 2. The molecule has 2 aliphatic heterocycles. The predicted octanol–water partition coefficient (Wildman–Crippen LogP) is 1.86. The molecule has 0 spiro atoms. The summed E-state index contributed by atoms with van der Waals surface area (Å²) in [5.41, 5.74) is 3.04. The van der Waals surface area contributed by atoms with E-state index in [1.807, 2.05) is 6.07 Å². The first-order valence-corrected chi connectivity index (χ1v) is 7.90. The van der Waals surface area contributed by atoms with Crippen molar-refractivity contribution in [3.63, 3.8) is 0 Å². The van der Waals surface area contributed by atoms with Gasteiger partial charge in [0, 0.05) is 11.5 Å². The average molecular weight is 311 g/mol. The second-order valence-electron chi connectivity index (χ2n) is 6.78. The zero-order valence-corrected chi connectivity index (χ0v) is 12.8. The van der Waals surface area contributed by atoms with Crippen LogP contribution in [-0.4, -0.2) is 42.2 Å². The van der Waals surface area contributed by atoms with Gasteiger partial charge in [-0.05, 0) is 67.4 Å². The van der Waals surface area contributed by atoms with Crippen LogP contribution in [0, 0.1) is 0 Å². The van der Waals surface area contributed by atoms with Gasteiger partial charge in [-0.3, -0.25) is 9.69 Å². The topological polar surface area (TPSA) is 59.0 Å². The number of carbonyl (C=O) groups is 1. The molecule has 1 aromatic carbocycles. The Labute approximate surface area is 133 Å². The van der Waals surface area contributed by atoms with Gasteiger partial charge in [-0.2, -0.15) is 0 Å². The van der Waals surface area contributed by atoms with Crippen molar-refractivity contribution < 1.29 is 19.4 Å². The normalized spacial score (nSPS) is 31.2. The molecule has 0 saturated carbocycles. The highest BCUT2D eigenvalue weighted by Gasteiger charge is 2.50. The van der Waals surface area contributed by atoms with E-state index in [9.17, 15) is 9.90 Å². The summed E-state index contributed by atoms with van der Waals surface area (Å²) >= 11 is 0. The summed E-state index contributed by atoms with van der Waals surface area (Å²) < 4.78 is 11.1. The Morgan fingerprint density at radius 3 is 2.91 bits per heavy atom. The molecule has 1 fully saturated rings. The van der Waals surface area contributed by atoms with E-state index in [0.29, 0.717) is 0 Å². The summed E-state index contributed by atoms with van der Waals surface area (Å²) in [5, 5.41) is 10.1. The number of rotatable bonds is 0. The molecule has 5 heteroatoms. The number of fused-ring (bicyclic) bond motifs is 2. The maximum absolute atomic E-state index is 12.0. The fraction of sp³-hybridized carbons (Fsp3) is 0.389. The first-order valence-electron chi connectivity index (χ1n) is 7.90. The van der Waals surface area contributed by atoms with Crippen LogP contribution in [0.15, 0.2) is 35.6 Å². The third-order valence-electron chi connectivity index (χ3n) is 5.68. The van der Waals surface area contributed by atoms with E-state index < -0.39 is 5.41 Å². The summed E-state index contributed by atoms with van der Waals surface area (Å²) in [7, 11) is 2.09. The number of likely N-dealkylation sites (N-methyl/N-ethyl adjacent to an activating group) is 1. The third-order valence-corrected chi connectivity index (χ3v) is 5.68. The highest BCUT2D eigenvalue weighted by molar-refractivity contribution is 6.04. The minimum Gasteiger partial charge on any atom is -0.504 e. The number of ketones is 1. The van der Waals surface area contributed by atoms with E-state index in [1.54, 1.807) is 12.2 Å². The fourth-order valence-corrected chi connectivity index (χ4v) is 4.50. The van der Waals surface area contributed by atoms with Crippen LogP contribution in [0.4, 0.5) is 0 Å². The lowest BCUT2D eigenvalue weighted by molar-refractivity contribution is -0.114. The van der Waals surface area contributed by atoms with Crippen molar-refractivity contribution in [3.8, 4) is 11.5 Å². The summed E-state index contributed by atoms with van der Waals surface area (Å²) in [6.45, 7) is 1.17. The second kappa shape index (κ2) is 4.17. The van der Waals surface area contributed by atoms with Crippen LogP contribution in [0.1, 0.15) is 17.5 Å². The number of piperidine rings is 1. The van der Waals surface area contributed by atoms with E-state index in [0.717, 1.165) is 42.0 Å². The number of allylic oxidation sites excluding steroid dienone is 2. The van der Waals surface area contributed by atoms with Gasteiger partial charge in [-0.25, -0.2) is 0 Å². The van der Waals surface area contributed by atoms with E-state index in [2.05, 4.69) is 18.0 Å². The Balaban J connectivity index is 1.80. The van der Waals surface area contributed by atoms with Crippen LogP contribution in [0.2, 0.25) is 0 Å². The molecule has 2 atom stereocenters. The number of nitrogens with zero attached hydrogens (tertiary/aromatic N) is 1. The summed E-state index contributed by atoms with van der Waals surface area (Å²) in [6.07, 6.45) is 5.09. The number of hydrogen-bond donors (Lipinski definition) is 1. The van der Waals surface area contributed by atoms with Crippen molar-refractivity contribution in [3.05, 3.63) is 46.7 Å². The van der Waals surface area contributed by atoms with Gasteiger partial charge in [0.25, 0.3) is 0 Å². The van der Waals surface area contributed by atoms with Gasteiger partial charge in [0.1, 0.15) is 0 Å². The van der Waals surface area contributed by atoms with E-state index in [4.69, 9.17) is 9.47 Å². The molecule has 0 amide bonds. The molecule has 2 bridgehead atoms. The number of aliphatic hydroxyl groups excluding tert-OH is 1. The Bertz CT molecular complexity index is 809. The van der Waals surface area contributed by atoms with E-state index >= 15 is 0 Å². The van der Waals surface area contributed by atoms with Crippen molar-refractivity contribution in [2.45, 2.75) is 24.3 Å². The SMILES string of the molecule is CN1CC[C@]23C=C(O)C(=O)C=C2[C@H]1Cc1cc2c(cc13)OCO2. The van der Waals surface area contributed by atoms with Crippen molar-refractivity contribution in [1.82, 2.24) is 4.90 Å². The number of likely N-dealkylation sites (tertiary alicyclic amines) is 1. The van der Waals surface area contributed by atoms with Crippen molar-refractivity contribution in [2.24, 2.45) is 0 Å². The van der Waals surface area contributed by atoms with Gasteiger partial charge in [0.05, 0.1) is 0 Å². The molecule has 118 valence electrons. The third kappa shape index (κ3) is 1.58. The minimum atomic E-state index is -0.399. The lowest BCUT2D eigenvalue weighted by atomic mass is 9.59. The van der Waals surface area contributed by atoms with E-state index in [-0.39, 0.29) is 24.4 Å². The molecule has 4 aliphatic rings. The molecule has 0 unspecified atom stereocenters. The molecule has 23 heavy (non-hydrogen) atoms. The Morgan fingerprint density at radius 1 is 1.30 bits per heavy atom. The predicted molar refractivity (Wildman–Crippen MR) is 82.8 cm³/mol. The zero-order chi connectivity index (χ0) is 15.8. The summed E-state index contributed by atoms with van der Waals surface area (Å²) in [4.78, 5) is 14.3. The molecule has 1 N–H and O–H groups in total. The fourth-order valence-electron chi connectivity index (χ4n) is 4.50. The van der Waals surface area contributed by atoms with Crippen LogP contribution in [0.25, 0.3) is 0 Å².